The van der Waals surface area contributed by atoms with Gasteiger partial charge in [-0.1, -0.05) is 0 Å². The maximum Gasteiger partial charge on any atom is -0.269 e. The van der Waals surface area contributed by atoms with Gasteiger partial charge in [0.2, 0.25) is 0 Å². The van der Waals surface area contributed by atoms with Crippen LogP contribution in [0.25, 0.3) is 0 Å². The maximum absolute atomic E-state index is 2.58. The van der Waals surface area contributed by atoms with Crippen molar-refractivity contribution in [2.24, 2.45) is 0 Å². The van der Waals surface area contributed by atoms with E-state index in [1.165, 1.54) is 0 Å². The van der Waals surface area contributed by atoms with Gasteiger partial charge in [0, 0.05) is 0 Å². The number of rotatable bonds is 0. The third kappa shape index (κ3) is 229. The van der Waals surface area contributed by atoms with Gasteiger partial charge in [0.1, 0.15) is 0 Å². The van der Waals surface area contributed by atoms with Gasteiger partial charge in [-0.15, -0.1) is 0 Å². The molecule has 0 rings (SSSR count). The fraction of sp³-hybridized carbons (Fsp3) is 1.00. The molecular weight excluding hydrogens is 142 g/mol. The number of hydrogen-bond donors (Lipinski definition) is 0. The Morgan fingerprint density at radius 2 is 1.17 bits per heavy atom. The second kappa shape index (κ2) is 2.63. The minimum absolute atomic E-state index is 0. The van der Waals surface area contributed by atoms with Gasteiger partial charge in [0.25, 0.3) is 0 Å². The van der Waals surface area contributed by atoms with Crippen LogP contribution in [-0.2, 0) is 0 Å². The molecule has 0 aliphatic carbocycles. The molecule has 0 aromatic heterocycles. The minimum atomic E-state index is 0. The van der Waals surface area contributed by atoms with E-state index in [2.05, 4.69) is 37.6 Å². The van der Waals surface area contributed by atoms with Crippen molar-refractivity contribution in [2.45, 2.75) is 25.0 Å². The molecule has 3 radical (unpaired) electrons. The van der Waals surface area contributed by atoms with Crippen LogP contribution < -0.4 is 0 Å². The van der Waals surface area contributed by atoms with Gasteiger partial charge in [-0.3, -0.25) is 4.70 Å². The summed E-state index contributed by atoms with van der Waals surface area (Å²) in [5.74, 6) is 0. The summed E-state index contributed by atoms with van der Waals surface area (Å²) in [7, 11) is 0. The van der Waals surface area contributed by atoms with Gasteiger partial charge in [0.15, 0.2) is 0 Å². The van der Waals surface area contributed by atoms with Gasteiger partial charge in [0.05, 0.1) is 0 Å². The van der Waals surface area contributed by atoms with E-state index in [-0.39, 0.29) is 4.70 Å². The molecule has 0 N–H and O–H groups in total. The first kappa shape index (κ1) is 9.70. The van der Waals surface area contributed by atoms with Crippen molar-refractivity contribution < 1.29 is 4.70 Å². The molecule has 0 saturated heterocycles. The summed E-state index contributed by atoms with van der Waals surface area (Å²) in [5, 5.41) is 0. The van der Waals surface area contributed by atoms with Gasteiger partial charge in [-0.05, 0) is 0 Å². The first-order valence-corrected chi connectivity index (χ1v) is 2.66. The Morgan fingerprint density at radius 1 is 1.17 bits per heavy atom. The molecule has 0 bridgehead atoms. The molecule has 0 aromatic rings. The van der Waals surface area contributed by atoms with E-state index in [9.17, 15) is 0 Å². The molecule has 6 heavy (non-hydrogen) atoms. The van der Waals surface area contributed by atoms with Crippen LogP contribution in [0.3, 0.4) is 0 Å². The summed E-state index contributed by atoms with van der Waals surface area (Å²) in [6, 6.07) is 0. The van der Waals surface area contributed by atoms with Crippen molar-refractivity contribution in [1.29, 1.82) is 0 Å². The zero-order valence-electron chi connectivity index (χ0n) is 4.36. The average molecular weight is 152 g/mol. The topological polar surface area (TPSA) is 0 Å². The molecule has 0 fully saturated rings. The Morgan fingerprint density at radius 3 is 1.17 bits per heavy atom. The van der Waals surface area contributed by atoms with Gasteiger partial charge < -0.3 is 0 Å². The molecule has 37 valence electrons. The average Bonchev–Trinajstić information content (AvgIpc) is 0.722. The van der Waals surface area contributed by atoms with Crippen LogP contribution in [-0.4, -0.2) is 16.9 Å². The molecular formula is C4H10AsF+. The summed E-state index contributed by atoms with van der Waals surface area (Å²) in [4.78, 5) is 0. The molecule has 0 atom stereocenters. The predicted octanol–water partition coefficient (Wildman–Crippen LogP) is 1.53. The fourth-order valence-corrected chi connectivity index (χ4v) is 0. The van der Waals surface area contributed by atoms with E-state index in [4.69, 9.17) is 0 Å². The Labute approximate surface area is 47.2 Å². The van der Waals surface area contributed by atoms with Crippen LogP contribution >= 0.6 is 0 Å². The van der Waals surface area contributed by atoms with Crippen LogP contribution in [0.5, 0.6) is 0 Å². The molecule has 0 aliphatic heterocycles. The largest absolute Gasteiger partial charge is 0.269 e. The number of hydrogen-bond acceptors (Lipinski definition) is 0. The van der Waals surface area contributed by atoms with Crippen LogP contribution in [0.15, 0.2) is 0 Å². The van der Waals surface area contributed by atoms with Crippen molar-refractivity contribution in [1.82, 2.24) is 0 Å². The summed E-state index contributed by atoms with van der Waals surface area (Å²) < 4.78 is 0.438. The van der Waals surface area contributed by atoms with E-state index < -0.39 is 0 Å². The van der Waals surface area contributed by atoms with Gasteiger partial charge >= 0.3 is 41.8 Å². The zero-order chi connectivity index (χ0) is 4.50. The minimum Gasteiger partial charge on any atom is -0.269 e. The molecule has 0 saturated carbocycles. The van der Waals surface area contributed by atoms with Crippen molar-refractivity contribution in [2.75, 3.05) is 0 Å². The Kier molecular flexibility index (Phi) is 4.25. The van der Waals surface area contributed by atoms with E-state index in [1.807, 2.05) is 0 Å². The molecule has 0 aliphatic rings. The normalized spacial score (nSPS) is 10.0. The van der Waals surface area contributed by atoms with E-state index in [0.717, 1.165) is 0 Å². The van der Waals surface area contributed by atoms with Crippen molar-refractivity contribution in [3.63, 3.8) is 0 Å². The van der Waals surface area contributed by atoms with Gasteiger partial charge in [-0.25, -0.2) is 0 Å². The maximum atomic E-state index is 2.58. The van der Waals surface area contributed by atoms with Crippen LogP contribution in [0.1, 0.15) is 20.8 Å². The third-order valence-electron chi connectivity index (χ3n) is 0. The quantitative estimate of drug-likeness (QED) is 0.461. The summed E-state index contributed by atoms with van der Waals surface area (Å²) in [6.07, 6.45) is 0. The first-order chi connectivity index (χ1) is 2.00. The second-order valence-corrected chi connectivity index (χ2v) is 4.99. The Hall–Kier alpha value is 0.488. The monoisotopic (exact) mass is 152 g/mol. The van der Waals surface area contributed by atoms with E-state index in [0.29, 0.717) is 4.20 Å². The Balaban J connectivity index is 0. The van der Waals surface area contributed by atoms with Gasteiger partial charge in [-0.2, -0.15) is 0 Å². The molecule has 0 amide bonds. The Bertz CT molecular complexity index is 23.0. The zero-order valence-corrected chi connectivity index (χ0v) is 6.23. The standard InChI is InChI=1S/C4H9As.FH/c1-4(2,3)5;/h1-3H3;1H/q+1;. The van der Waals surface area contributed by atoms with Crippen LogP contribution in [0.4, 0.5) is 4.70 Å². The van der Waals surface area contributed by atoms with Crippen LogP contribution in [0.2, 0.25) is 4.20 Å². The van der Waals surface area contributed by atoms with E-state index in [1.54, 1.807) is 0 Å². The molecule has 0 unspecified atom stereocenters. The molecule has 2 heteroatoms. The predicted molar refractivity (Wildman–Crippen MR) is 28.0 cm³/mol. The number of halogens is 1. The molecule has 0 nitrogen and oxygen atoms in total. The van der Waals surface area contributed by atoms with E-state index >= 15 is 0 Å². The molecule has 0 spiro atoms. The third-order valence-corrected chi connectivity index (χ3v) is 0. The summed E-state index contributed by atoms with van der Waals surface area (Å²) in [5.41, 5.74) is 0. The fourth-order valence-electron chi connectivity index (χ4n) is 0. The van der Waals surface area contributed by atoms with Crippen molar-refractivity contribution >= 4 is 16.9 Å². The smallest absolute Gasteiger partial charge is 0.269 e. The van der Waals surface area contributed by atoms with Crippen LogP contribution in [0, 0.1) is 0 Å². The summed E-state index contributed by atoms with van der Waals surface area (Å²) in [6.45, 7) is 6.48. The SMILES string of the molecule is CC(C)(C)[As+].F. The molecule has 0 aromatic carbocycles. The molecule has 0 heterocycles. The first-order valence-electron chi connectivity index (χ1n) is 1.72. The summed E-state index contributed by atoms with van der Waals surface area (Å²) >= 11 is 2.58. The van der Waals surface area contributed by atoms with Crippen molar-refractivity contribution in [3.05, 3.63) is 0 Å². The second-order valence-electron chi connectivity index (χ2n) is 2.17. The van der Waals surface area contributed by atoms with Crippen molar-refractivity contribution in [3.8, 4) is 0 Å².